The number of ether oxygens (including phenoxy) is 3. The molecule has 2 aromatic rings. The predicted molar refractivity (Wildman–Crippen MR) is 81.4 cm³/mol. The van der Waals surface area contributed by atoms with E-state index in [1.165, 1.54) is 37.4 Å². The van der Waals surface area contributed by atoms with Crippen LogP contribution in [0.15, 0.2) is 36.4 Å². The monoisotopic (exact) mass is 338 g/mol. The van der Waals surface area contributed by atoms with E-state index in [1.54, 1.807) is 6.07 Å². The third kappa shape index (κ3) is 2.20. The Morgan fingerprint density at radius 1 is 0.760 bits per heavy atom. The maximum atomic E-state index is 12.4. The largest absolute Gasteiger partial charge is 0.496 e. The van der Waals surface area contributed by atoms with Crippen molar-refractivity contribution in [3.05, 3.63) is 64.2 Å². The second-order valence-electron chi connectivity index (χ2n) is 5.58. The van der Waals surface area contributed by atoms with Gasteiger partial charge in [-0.25, -0.2) is 14.4 Å². The molecule has 4 aliphatic rings. The molecule has 0 radical (unpaired) electrons. The van der Waals surface area contributed by atoms with Gasteiger partial charge in [0.2, 0.25) is 0 Å². The molecule has 0 saturated heterocycles. The van der Waals surface area contributed by atoms with Gasteiger partial charge in [-0.1, -0.05) is 12.1 Å². The first-order valence-electron chi connectivity index (χ1n) is 7.34. The van der Waals surface area contributed by atoms with E-state index in [-0.39, 0.29) is 22.4 Å². The lowest BCUT2D eigenvalue weighted by atomic mass is 9.87. The summed E-state index contributed by atoms with van der Waals surface area (Å²) in [6.45, 7) is 0. The second kappa shape index (κ2) is 5.27. The maximum absolute atomic E-state index is 12.4. The van der Waals surface area contributed by atoms with Crippen LogP contribution in [-0.4, -0.2) is 31.0 Å². The van der Waals surface area contributed by atoms with Gasteiger partial charge in [-0.2, -0.15) is 0 Å². The zero-order chi connectivity index (χ0) is 17.7. The highest BCUT2D eigenvalue weighted by atomic mass is 16.6. The first kappa shape index (κ1) is 15.1. The minimum atomic E-state index is -1.00. The molecule has 0 N–H and O–H groups in total. The third-order valence-corrected chi connectivity index (χ3v) is 4.21. The quantitative estimate of drug-likeness (QED) is 0.578. The van der Waals surface area contributed by atoms with Crippen molar-refractivity contribution >= 4 is 23.9 Å². The van der Waals surface area contributed by atoms with Gasteiger partial charge < -0.3 is 14.2 Å². The van der Waals surface area contributed by atoms with Crippen molar-refractivity contribution in [2.24, 2.45) is 0 Å². The fourth-order valence-corrected chi connectivity index (χ4v) is 3.01. The van der Waals surface area contributed by atoms with E-state index >= 15 is 0 Å². The van der Waals surface area contributed by atoms with Crippen molar-refractivity contribution in [3.8, 4) is 5.75 Å². The van der Waals surface area contributed by atoms with Gasteiger partial charge in [0.05, 0.1) is 18.2 Å². The maximum Gasteiger partial charge on any atom is 0.349 e. The molecule has 0 aromatic heterocycles. The molecule has 1 unspecified atom stereocenters. The lowest BCUT2D eigenvalue weighted by Gasteiger charge is -2.21. The summed E-state index contributed by atoms with van der Waals surface area (Å²) < 4.78 is 14.9. The van der Waals surface area contributed by atoms with Crippen LogP contribution in [0.25, 0.3) is 0 Å². The van der Waals surface area contributed by atoms with Gasteiger partial charge in [-0.05, 0) is 35.4 Å². The fourth-order valence-electron chi connectivity index (χ4n) is 3.01. The smallest absolute Gasteiger partial charge is 0.349 e. The second-order valence-corrected chi connectivity index (χ2v) is 5.58. The molecule has 0 saturated carbocycles. The molecular weight excluding hydrogens is 328 g/mol. The number of carbonyl (C=O) groups excluding carboxylic acids is 4. The molecule has 25 heavy (non-hydrogen) atoms. The molecule has 6 rings (SSSR count). The first-order chi connectivity index (χ1) is 12.0. The summed E-state index contributed by atoms with van der Waals surface area (Å²) in [7, 11) is 1.35. The molecule has 0 aliphatic carbocycles. The van der Waals surface area contributed by atoms with Gasteiger partial charge in [0.25, 0.3) is 0 Å². The highest BCUT2D eigenvalue weighted by Gasteiger charge is 2.35. The Labute approximate surface area is 141 Å². The Hall–Kier alpha value is -3.48. The standard InChI is InChI=1S/C18H10O7/c1-23-13-7-9-3-5-11(13)16(20)24-17(21)12-6-8-2-4-10(12)15(19)25-18(22)14(8)9/h2-7,14H,1H3. The SMILES string of the molecule is COc1cc2ccc1C(=O)OC(=O)c1cc3ccc1C(=O)OC(=O)C23. The van der Waals surface area contributed by atoms with Crippen LogP contribution < -0.4 is 4.74 Å². The lowest BCUT2D eigenvalue weighted by Crippen LogP contribution is -2.26. The van der Waals surface area contributed by atoms with Gasteiger partial charge in [0.15, 0.2) is 0 Å². The Balaban J connectivity index is 2.07. The number of benzene rings is 2. The molecule has 4 aliphatic heterocycles. The van der Waals surface area contributed by atoms with Crippen LogP contribution in [0.4, 0.5) is 0 Å². The van der Waals surface area contributed by atoms with Gasteiger partial charge in [-0.3, -0.25) is 4.79 Å². The molecule has 1 atom stereocenters. The van der Waals surface area contributed by atoms with Crippen LogP contribution in [0, 0.1) is 0 Å². The van der Waals surface area contributed by atoms with E-state index in [2.05, 4.69) is 0 Å². The summed E-state index contributed by atoms with van der Waals surface area (Å²) in [5.74, 6) is -4.45. The average Bonchev–Trinajstić information content (AvgIpc) is 2.61. The number of methoxy groups -OCH3 is 1. The molecule has 0 fully saturated rings. The van der Waals surface area contributed by atoms with Crippen molar-refractivity contribution in [1.82, 2.24) is 0 Å². The third-order valence-electron chi connectivity index (χ3n) is 4.21. The first-order valence-corrected chi connectivity index (χ1v) is 7.34. The zero-order valence-corrected chi connectivity index (χ0v) is 12.9. The van der Waals surface area contributed by atoms with Crippen LogP contribution in [0.1, 0.15) is 48.1 Å². The van der Waals surface area contributed by atoms with Crippen molar-refractivity contribution < 1.29 is 33.4 Å². The van der Waals surface area contributed by atoms with Crippen LogP contribution in [-0.2, 0) is 14.3 Å². The topological polar surface area (TPSA) is 96.0 Å². The summed E-state index contributed by atoms with van der Waals surface area (Å²) in [6.07, 6.45) is 0. The zero-order valence-electron chi connectivity index (χ0n) is 12.9. The molecule has 7 heteroatoms. The predicted octanol–water partition coefficient (Wildman–Crippen LogP) is 1.83. The summed E-state index contributed by atoms with van der Waals surface area (Å²) in [4.78, 5) is 49.3. The number of rotatable bonds is 1. The minimum absolute atomic E-state index is 0.0360. The summed E-state index contributed by atoms with van der Waals surface area (Å²) in [6, 6.07) is 8.73. The highest BCUT2D eigenvalue weighted by molar-refractivity contribution is 6.12. The molecule has 4 heterocycles. The number of carbonyl (C=O) groups is 4. The van der Waals surface area contributed by atoms with Crippen molar-refractivity contribution in [2.75, 3.05) is 7.11 Å². The Morgan fingerprint density at radius 3 is 2.08 bits per heavy atom. The van der Waals surface area contributed by atoms with Crippen LogP contribution in [0.3, 0.4) is 0 Å². The fraction of sp³-hybridized carbons (Fsp3) is 0.111. The summed E-state index contributed by atoms with van der Waals surface area (Å²) in [5.41, 5.74) is 0.671. The van der Waals surface area contributed by atoms with E-state index < -0.39 is 29.8 Å². The van der Waals surface area contributed by atoms with E-state index in [0.717, 1.165) is 0 Å². The molecular formula is C18H10O7. The van der Waals surface area contributed by atoms with E-state index in [9.17, 15) is 19.2 Å². The number of hydrogen-bond acceptors (Lipinski definition) is 7. The van der Waals surface area contributed by atoms with Crippen LogP contribution in [0.5, 0.6) is 5.75 Å². The Bertz CT molecular complexity index is 973. The van der Waals surface area contributed by atoms with Gasteiger partial charge in [0.1, 0.15) is 17.2 Å². The number of esters is 4. The molecule has 6 bridgehead atoms. The van der Waals surface area contributed by atoms with Crippen LogP contribution in [0.2, 0.25) is 0 Å². The Morgan fingerprint density at radius 2 is 1.36 bits per heavy atom. The molecule has 0 spiro atoms. The van der Waals surface area contributed by atoms with Gasteiger partial charge >= 0.3 is 23.9 Å². The van der Waals surface area contributed by atoms with Crippen molar-refractivity contribution in [1.29, 1.82) is 0 Å². The van der Waals surface area contributed by atoms with E-state index in [0.29, 0.717) is 11.1 Å². The number of fused-ring (bicyclic) bond motifs is 7. The molecule has 7 nitrogen and oxygen atoms in total. The molecule has 2 aromatic carbocycles. The molecule has 124 valence electrons. The summed E-state index contributed by atoms with van der Waals surface area (Å²) in [5, 5.41) is 0. The minimum Gasteiger partial charge on any atom is -0.496 e. The molecule has 0 amide bonds. The normalized spacial score (nSPS) is 18.4. The van der Waals surface area contributed by atoms with Crippen molar-refractivity contribution in [2.45, 2.75) is 5.92 Å². The van der Waals surface area contributed by atoms with Crippen molar-refractivity contribution in [3.63, 3.8) is 0 Å². The van der Waals surface area contributed by atoms with Crippen LogP contribution >= 0.6 is 0 Å². The Kier molecular flexibility index (Phi) is 3.18. The van der Waals surface area contributed by atoms with Gasteiger partial charge in [-0.15, -0.1) is 0 Å². The average molecular weight is 338 g/mol. The van der Waals surface area contributed by atoms with E-state index in [4.69, 9.17) is 14.2 Å². The highest BCUT2D eigenvalue weighted by Crippen LogP contribution is 2.35. The van der Waals surface area contributed by atoms with Gasteiger partial charge in [0, 0.05) is 0 Å². The van der Waals surface area contributed by atoms with E-state index in [1.807, 2.05) is 0 Å². The summed E-state index contributed by atoms with van der Waals surface area (Å²) >= 11 is 0. The number of hydrogen-bond donors (Lipinski definition) is 0. The lowest BCUT2D eigenvalue weighted by molar-refractivity contribution is -0.138.